The predicted octanol–water partition coefficient (Wildman–Crippen LogP) is 2.47. The number of likely N-dealkylation sites (tertiary alicyclic amines) is 1. The topological polar surface area (TPSA) is 21.7 Å². The number of hydrogen-bond acceptors (Lipinski definition) is 3. The molecule has 1 unspecified atom stereocenters. The van der Waals surface area contributed by atoms with Gasteiger partial charge in [-0.25, -0.2) is 0 Å². The Labute approximate surface area is 109 Å². The van der Waals surface area contributed by atoms with Crippen molar-refractivity contribution in [1.82, 2.24) is 4.90 Å². The fourth-order valence-electron chi connectivity index (χ4n) is 2.58. The lowest BCUT2D eigenvalue weighted by Gasteiger charge is -2.24. The van der Waals surface area contributed by atoms with Gasteiger partial charge in [-0.15, -0.1) is 6.42 Å². The van der Waals surface area contributed by atoms with Crippen LogP contribution in [0.25, 0.3) is 0 Å². The van der Waals surface area contributed by atoms with Gasteiger partial charge in [0.15, 0.2) is 0 Å². The molecule has 1 aliphatic heterocycles. The zero-order valence-corrected chi connectivity index (χ0v) is 11.0. The predicted molar refractivity (Wildman–Crippen MR) is 71.9 cm³/mol. The molecule has 96 valence electrons. The van der Waals surface area contributed by atoms with Gasteiger partial charge < -0.3 is 9.47 Å². The minimum absolute atomic E-state index is 0.363. The Balaban J connectivity index is 2.29. The molecule has 0 saturated carbocycles. The Morgan fingerprint density at radius 2 is 2.22 bits per heavy atom. The number of hydrogen-bond donors (Lipinski definition) is 0. The van der Waals surface area contributed by atoms with E-state index in [1.165, 1.54) is 12.0 Å². The molecule has 1 aromatic carbocycles. The third-order valence-electron chi connectivity index (χ3n) is 3.46. The van der Waals surface area contributed by atoms with E-state index in [2.05, 4.69) is 16.9 Å². The van der Waals surface area contributed by atoms with Gasteiger partial charge in [-0.2, -0.15) is 0 Å². The second-order valence-electron chi connectivity index (χ2n) is 4.44. The second kappa shape index (κ2) is 5.79. The van der Waals surface area contributed by atoms with E-state index >= 15 is 0 Å². The molecule has 1 heterocycles. The van der Waals surface area contributed by atoms with Crippen LogP contribution >= 0.6 is 0 Å². The molecule has 0 N–H and O–H groups in total. The average Bonchev–Trinajstić information content (AvgIpc) is 2.86. The van der Waals surface area contributed by atoms with E-state index in [1.807, 2.05) is 12.1 Å². The molecule has 18 heavy (non-hydrogen) atoms. The average molecular weight is 245 g/mol. The Bertz CT molecular complexity index is 450. The van der Waals surface area contributed by atoms with Crippen molar-refractivity contribution in [3.05, 3.63) is 23.8 Å². The zero-order chi connectivity index (χ0) is 13.0. The molecule has 0 spiro atoms. The maximum absolute atomic E-state index is 5.47. The van der Waals surface area contributed by atoms with Gasteiger partial charge in [-0.3, -0.25) is 4.90 Å². The molecular formula is C15H19NO2. The van der Waals surface area contributed by atoms with Gasteiger partial charge in [0.1, 0.15) is 11.5 Å². The zero-order valence-electron chi connectivity index (χ0n) is 11.0. The Kier molecular flexibility index (Phi) is 4.11. The van der Waals surface area contributed by atoms with Crippen LogP contribution in [0, 0.1) is 12.3 Å². The fraction of sp³-hybridized carbons (Fsp3) is 0.467. The molecule has 0 radical (unpaired) electrons. The second-order valence-corrected chi connectivity index (χ2v) is 4.44. The summed E-state index contributed by atoms with van der Waals surface area (Å²) in [5.74, 6) is 4.42. The van der Waals surface area contributed by atoms with E-state index in [0.29, 0.717) is 12.6 Å². The van der Waals surface area contributed by atoms with Crippen molar-refractivity contribution in [3.63, 3.8) is 0 Å². The van der Waals surface area contributed by atoms with Crippen LogP contribution in [-0.4, -0.2) is 32.2 Å². The number of nitrogens with zero attached hydrogens (tertiary/aromatic N) is 1. The van der Waals surface area contributed by atoms with E-state index < -0.39 is 0 Å². The van der Waals surface area contributed by atoms with E-state index in [0.717, 1.165) is 24.5 Å². The lowest BCUT2D eigenvalue weighted by molar-refractivity contribution is 0.281. The molecular weight excluding hydrogens is 226 g/mol. The first kappa shape index (κ1) is 12.8. The highest BCUT2D eigenvalue weighted by atomic mass is 16.5. The highest BCUT2D eigenvalue weighted by Crippen LogP contribution is 2.38. The van der Waals surface area contributed by atoms with Crippen LogP contribution in [0.2, 0.25) is 0 Å². The van der Waals surface area contributed by atoms with Crippen molar-refractivity contribution in [3.8, 4) is 23.8 Å². The van der Waals surface area contributed by atoms with Gasteiger partial charge in [-0.05, 0) is 25.5 Å². The molecule has 0 amide bonds. The standard InChI is InChI=1S/C15H19NO2/c1-4-9-16-10-5-6-14(16)13-8-7-12(17-2)11-15(13)18-3/h1,7-8,11,14H,5-6,9-10H2,2-3H3. The highest BCUT2D eigenvalue weighted by molar-refractivity contribution is 5.43. The van der Waals surface area contributed by atoms with Gasteiger partial charge >= 0.3 is 0 Å². The lowest BCUT2D eigenvalue weighted by Crippen LogP contribution is -2.23. The van der Waals surface area contributed by atoms with Crippen LogP contribution in [0.1, 0.15) is 24.4 Å². The van der Waals surface area contributed by atoms with Crippen molar-refractivity contribution < 1.29 is 9.47 Å². The summed E-state index contributed by atoms with van der Waals surface area (Å²) in [6.45, 7) is 1.75. The summed E-state index contributed by atoms with van der Waals surface area (Å²) in [7, 11) is 3.35. The Morgan fingerprint density at radius 3 is 2.89 bits per heavy atom. The third kappa shape index (κ3) is 2.44. The van der Waals surface area contributed by atoms with Gasteiger partial charge in [-0.1, -0.05) is 12.0 Å². The van der Waals surface area contributed by atoms with Crippen LogP contribution in [0.15, 0.2) is 18.2 Å². The number of methoxy groups -OCH3 is 2. The van der Waals surface area contributed by atoms with Crippen molar-refractivity contribution in [2.45, 2.75) is 18.9 Å². The van der Waals surface area contributed by atoms with E-state index in [-0.39, 0.29) is 0 Å². The molecule has 1 atom stereocenters. The summed E-state index contributed by atoms with van der Waals surface area (Å²) in [6, 6.07) is 6.35. The monoisotopic (exact) mass is 245 g/mol. The highest BCUT2D eigenvalue weighted by Gasteiger charge is 2.27. The summed E-state index contributed by atoms with van der Waals surface area (Å²) < 4.78 is 10.7. The molecule has 3 heteroatoms. The van der Waals surface area contributed by atoms with Crippen molar-refractivity contribution >= 4 is 0 Å². The smallest absolute Gasteiger partial charge is 0.127 e. The number of terminal acetylenes is 1. The molecule has 1 aromatic rings. The molecule has 3 nitrogen and oxygen atoms in total. The molecule has 0 bridgehead atoms. The van der Waals surface area contributed by atoms with Gasteiger partial charge in [0.05, 0.1) is 20.8 Å². The maximum atomic E-state index is 5.47. The summed E-state index contributed by atoms with van der Waals surface area (Å²) >= 11 is 0. The maximum Gasteiger partial charge on any atom is 0.127 e. The van der Waals surface area contributed by atoms with Gasteiger partial charge in [0, 0.05) is 17.7 Å². The van der Waals surface area contributed by atoms with Crippen LogP contribution in [0.5, 0.6) is 11.5 Å². The third-order valence-corrected chi connectivity index (χ3v) is 3.46. The first-order valence-corrected chi connectivity index (χ1v) is 6.19. The van der Waals surface area contributed by atoms with Crippen molar-refractivity contribution in [2.75, 3.05) is 27.3 Å². The van der Waals surface area contributed by atoms with Crippen LogP contribution in [0.4, 0.5) is 0 Å². The fourth-order valence-corrected chi connectivity index (χ4v) is 2.58. The SMILES string of the molecule is C#CCN1CCCC1c1ccc(OC)cc1OC. The quantitative estimate of drug-likeness (QED) is 0.761. The first-order chi connectivity index (χ1) is 8.80. The summed E-state index contributed by atoms with van der Waals surface area (Å²) in [5.41, 5.74) is 1.20. The first-order valence-electron chi connectivity index (χ1n) is 6.19. The number of ether oxygens (including phenoxy) is 2. The number of benzene rings is 1. The van der Waals surface area contributed by atoms with Gasteiger partial charge in [0.25, 0.3) is 0 Å². The van der Waals surface area contributed by atoms with Crippen LogP contribution < -0.4 is 9.47 Å². The molecule has 0 aliphatic carbocycles. The molecule has 1 fully saturated rings. The largest absolute Gasteiger partial charge is 0.497 e. The summed E-state index contributed by atoms with van der Waals surface area (Å²) in [4.78, 5) is 2.32. The number of rotatable bonds is 4. The molecule has 1 aliphatic rings. The normalized spacial score (nSPS) is 19.5. The molecule has 1 saturated heterocycles. The van der Waals surface area contributed by atoms with E-state index in [9.17, 15) is 0 Å². The summed E-state index contributed by atoms with van der Waals surface area (Å²) in [6.07, 6.45) is 7.73. The lowest BCUT2D eigenvalue weighted by atomic mass is 10.0. The van der Waals surface area contributed by atoms with Crippen molar-refractivity contribution in [1.29, 1.82) is 0 Å². The Morgan fingerprint density at radius 1 is 1.39 bits per heavy atom. The Hall–Kier alpha value is -1.66. The van der Waals surface area contributed by atoms with Crippen LogP contribution in [-0.2, 0) is 0 Å². The van der Waals surface area contributed by atoms with E-state index in [4.69, 9.17) is 15.9 Å². The van der Waals surface area contributed by atoms with E-state index in [1.54, 1.807) is 14.2 Å². The van der Waals surface area contributed by atoms with Gasteiger partial charge in [0.2, 0.25) is 0 Å². The van der Waals surface area contributed by atoms with Crippen LogP contribution in [0.3, 0.4) is 0 Å². The molecule has 2 rings (SSSR count). The minimum Gasteiger partial charge on any atom is -0.497 e. The van der Waals surface area contributed by atoms with Crippen molar-refractivity contribution in [2.24, 2.45) is 0 Å². The molecule has 0 aromatic heterocycles. The summed E-state index contributed by atoms with van der Waals surface area (Å²) in [5, 5.41) is 0. The minimum atomic E-state index is 0.363.